The zero-order valence-corrected chi connectivity index (χ0v) is 18.7. The normalized spacial score (nSPS) is 24.3. The van der Waals surface area contributed by atoms with Crippen molar-refractivity contribution < 1.29 is 4.79 Å². The van der Waals surface area contributed by atoms with Crippen molar-refractivity contribution in [1.82, 2.24) is 19.6 Å². The van der Waals surface area contributed by atoms with Gasteiger partial charge in [-0.25, -0.2) is 4.79 Å². The molecule has 0 saturated carbocycles. The molecule has 5 nitrogen and oxygen atoms in total. The van der Waals surface area contributed by atoms with Gasteiger partial charge in [-0.15, -0.1) is 0 Å². The van der Waals surface area contributed by atoms with E-state index in [2.05, 4.69) is 40.4 Å². The molecule has 0 aromatic heterocycles. The van der Waals surface area contributed by atoms with Gasteiger partial charge in [0.15, 0.2) is 0 Å². The molecule has 2 amide bonds. The van der Waals surface area contributed by atoms with E-state index >= 15 is 0 Å². The van der Waals surface area contributed by atoms with Crippen LogP contribution in [0.2, 0.25) is 0 Å². The van der Waals surface area contributed by atoms with Gasteiger partial charge in [0.25, 0.3) is 0 Å². The fourth-order valence-electron chi connectivity index (χ4n) is 5.30. The van der Waals surface area contributed by atoms with Crippen LogP contribution in [0.4, 0.5) is 4.79 Å². The molecule has 0 bridgehead atoms. The molecule has 3 aliphatic rings. The van der Waals surface area contributed by atoms with Crippen molar-refractivity contribution in [2.45, 2.75) is 59.3 Å². The molecule has 3 saturated heterocycles. The highest BCUT2D eigenvalue weighted by Gasteiger charge is 2.29. The second-order valence-electron chi connectivity index (χ2n) is 9.70. The van der Waals surface area contributed by atoms with Gasteiger partial charge in [-0.2, -0.15) is 0 Å². The summed E-state index contributed by atoms with van der Waals surface area (Å²) < 4.78 is 0. The van der Waals surface area contributed by atoms with Crippen molar-refractivity contribution in [1.29, 1.82) is 0 Å². The zero-order chi connectivity index (χ0) is 19.9. The molecule has 0 aromatic carbocycles. The van der Waals surface area contributed by atoms with Crippen molar-refractivity contribution in [3.05, 3.63) is 0 Å². The lowest BCUT2D eigenvalue weighted by Crippen LogP contribution is -2.49. The van der Waals surface area contributed by atoms with Crippen LogP contribution in [-0.4, -0.2) is 91.1 Å². The van der Waals surface area contributed by atoms with Crippen LogP contribution in [0.1, 0.15) is 59.3 Å². The summed E-state index contributed by atoms with van der Waals surface area (Å²) in [6.45, 7) is 18.2. The maximum Gasteiger partial charge on any atom is 0.319 e. The van der Waals surface area contributed by atoms with E-state index in [4.69, 9.17) is 0 Å². The Morgan fingerprint density at radius 3 is 1.89 bits per heavy atom. The summed E-state index contributed by atoms with van der Waals surface area (Å²) in [5.74, 6) is 2.39. The molecule has 0 N–H and O–H groups in total. The van der Waals surface area contributed by atoms with Gasteiger partial charge < -0.3 is 19.6 Å². The number of hydrogen-bond donors (Lipinski definition) is 0. The number of carbonyl (C=O) groups is 1. The summed E-state index contributed by atoms with van der Waals surface area (Å²) in [5.41, 5.74) is 0. The van der Waals surface area contributed by atoms with Crippen LogP contribution in [0.25, 0.3) is 0 Å². The molecular weight excluding hydrogens is 348 g/mol. The van der Waals surface area contributed by atoms with Crippen molar-refractivity contribution in [3.8, 4) is 0 Å². The third kappa shape index (κ3) is 6.09. The Bertz CT molecular complexity index is 459. The molecular formula is C23H44N4O. The van der Waals surface area contributed by atoms with Gasteiger partial charge >= 0.3 is 6.03 Å². The van der Waals surface area contributed by atoms with E-state index < -0.39 is 0 Å². The van der Waals surface area contributed by atoms with Crippen molar-refractivity contribution in [3.63, 3.8) is 0 Å². The van der Waals surface area contributed by atoms with Crippen molar-refractivity contribution in [2.75, 3.05) is 65.4 Å². The smallest absolute Gasteiger partial charge is 0.319 e. The highest BCUT2D eigenvalue weighted by Crippen LogP contribution is 2.27. The number of piperazine rings is 1. The third-order valence-corrected chi connectivity index (χ3v) is 7.64. The van der Waals surface area contributed by atoms with E-state index in [9.17, 15) is 4.79 Å². The molecule has 0 radical (unpaired) electrons. The van der Waals surface area contributed by atoms with Gasteiger partial charge in [-0.1, -0.05) is 20.8 Å². The summed E-state index contributed by atoms with van der Waals surface area (Å²) in [5, 5.41) is 0. The predicted octanol–water partition coefficient (Wildman–Crippen LogP) is 3.60. The zero-order valence-electron chi connectivity index (χ0n) is 18.7. The van der Waals surface area contributed by atoms with Crippen LogP contribution in [0, 0.1) is 17.8 Å². The quantitative estimate of drug-likeness (QED) is 0.692. The lowest BCUT2D eigenvalue weighted by atomic mass is 9.87. The fourth-order valence-corrected chi connectivity index (χ4v) is 5.30. The molecule has 3 heterocycles. The van der Waals surface area contributed by atoms with Gasteiger partial charge in [0.05, 0.1) is 0 Å². The number of likely N-dealkylation sites (N-methyl/N-ethyl adjacent to an activating group) is 1. The SMILES string of the molecule is CCN1CCN(CCCC2CCN(C(=O)N3CCC(C(C)C)CC3)CC2)CC1. The van der Waals surface area contributed by atoms with Gasteiger partial charge in [0.2, 0.25) is 0 Å². The second-order valence-corrected chi connectivity index (χ2v) is 9.70. The summed E-state index contributed by atoms with van der Waals surface area (Å²) in [4.78, 5) is 22.3. The maximum absolute atomic E-state index is 12.8. The molecule has 0 unspecified atom stereocenters. The predicted molar refractivity (Wildman–Crippen MR) is 117 cm³/mol. The minimum absolute atomic E-state index is 0.314. The van der Waals surface area contributed by atoms with Crippen LogP contribution >= 0.6 is 0 Å². The molecule has 0 spiro atoms. The van der Waals surface area contributed by atoms with Crippen molar-refractivity contribution >= 4 is 6.03 Å². The van der Waals surface area contributed by atoms with Gasteiger partial charge in [-0.3, -0.25) is 0 Å². The van der Waals surface area contributed by atoms with E-state index in [1.165, 1.54) is 77.8 Å². The Kier molecular flexibility index (Phi) is 8.46. The summed E-state index contributed by atoms with van der Waals surface area (Å²) >= 11 is 0. The van der Waals surface area contributed by atoms with E-state index in [0.29, 0.717) is 6.03 Å². The average molecular weight is 393 g/mol. The van der Waals surface area contributed by atoms with Gasteiger partial charge in [0, 0.05) is 52.4 Å². The number of carbonyl (C=O) groups excluding carboxylic acids is 1. The number of urea groups is 1. The molecule has 5 heteroatoms. The highest BCUT2D eigenvalue weighted by atomic mass is 16.2. The van der Waals surface area contributed by atoms with E-state index in [-0.39, 0.29) is 0 Å². The number of hydrogen-bond acceptors (Lipinski definition) is 3. The lowest BCUT2D eigenvalue weighted by Gasteiger charge is -2.39. The number of nitrogens with zero attached hydrogens (tertiary/aromatic N) is 4. The first kappa shape index (κ1) is 21.9. The van der Waals surface area contributed by atoms with Crippen LogP contribution in [0.3, 0.4) is 0 Å². The topological polar surface area (TPSA) is 30.0 Å². The van der Waals surface area contributed by atoms with Crippen LogP contribution in [0.5, 0.6) is 0 Å². The van der Waals surface area contributed by atoms with E-state index in [1.54, 1.807) is 0 Å². The first-order valence-electron chi connectivity index (χ1n) is 12.0. The second kappa shape index (κ2) is 10.8. The number of piperidine rings is 2. The summed E-state index contributed by atoms with van der Waals surface area (Å²) in [7, 11) is 0. The van der Waals surface area contributed by atoms with Crippen LogP contribution < -0.4 is 0 Å². The monoisotopic (exact) mass is 392 g/mol. The minimum atomic E-state index is 0.314. The molecule has 28 heavy (non-hydrogen) atoms. The molecule has 0 aromatic rings. The van der Waals surface area contributed by atoms with Crippen molar-refractivity contribution in [2.24, 2.45) is 17.8 Å². The van der Waals surface area contributed by atoms with Crippen LogP contribution in [-0.2, 0) is 0 Å². The van der Waals surface area contributed by atoms with Crippen LogP contribution in [0.15, 0.2) is 0 Å². The lowest BCUT2D eigenvalue weighted by molar-refractivity contribution is 0.106. The molecule has 162 valence electrons. The molecule has 3 fully saturated rings. The Morgan fingerprint density at radius 1 is 0.821 bits per heavy atom. The minimum Gasteiger partial charge on any atom is -0.325 e. The number of rotatable bonds is 6. The van der Waals surface area contributed by atoms with E-state index in [0.717, 1.165) is 43.9 Å². The Labute approximate surface area is 173 Å². The van der Waals surface area contributed by atoms with E-state index in [1.807, 2.05) is 0 Å². The average Bonchev–Trinajstić information content (AvgIpc) is 2.74. The highest BCUT2D eigenvalue weighted by molar-refractivity contribution is 5.74. The summed E-state index contributed by atoms with van der Waals surface area (Å²) in [6, 6.07) is 0.314. The molecule has 0 aliphatic carbocycles. The number of amides is 2. The Morgan fingerprint density at radius 2 is 1.36 bits per heavy atom. The molecule has 3 aliphatic heterocycles. The maximum atomic E-state index is 12.8. The van der Waals surface area contributed by atoms with Gasteiger partial charge in [-0.05, 0) is 69.4 Å². The van der Waals surface area contributed by atoms with Gasteiger partial charge in [0.1, 0.15) is 0 Å². The Balaban J connectivity index is 1.29. The fraction of sp³-hybridized carbons (Fsp3) is 0.957. The molecule has 3 rings (SSSR count). The third-order valence-electron chi connectivity index (χ3n) is 7.64. The number of likely N-dealkylation sites (tertiary alicyclic amines) is 2. The molecule has 0 atom stereocenters. The first-order chi connectivity index (χ1) is 13.6. The largest absolute Gasteiger partial charge is 0.325 e. The standard InChI is InChI=1S/C23H44N4O/c1-4-24-16-18-25(19-17-24)11-5-6-21-7-12-26(13-8-21)23(28)27-14-9-22(10-15-27)20(2)3/h20-22H,4-19H2,1-3H3. The summed E-state index contributed by atoms with van der Waals surface area (Å²) in [6.07, 6.45) is 7.46. The Hall–Kier alpha value is -0.810. The first-order valence-corrected chi connectivity index (χ1v) is 12.0.